The molecule has 1 aromatic carbocycles. The second-order valence-corrected chi connectivity index (χ2v) is 7.10. The minimum Gasteiger partial charge on any atom is -0.472 e. The third-order valence-corrected chi connectivity index (χ3v) is 4.06. The predicted octanol–water partition coefficient (Wildman–Crippen LogP) is 4.53. The van der Waals surface area contributed by atoms with Crippen molar-refractivity contribution in [3.8, 4) is 11.1 Å². The maximum Gasteiger partial charge on any atom is 0.229 e. The Kier molecular flexibility index (Phi) is 3.22. The summed E-state index contributed by atoms with van der Waals surface area (Å²) >= 11 is 0. The van der Waals surface area contributed by atoms with Crippen LogP contribution in [0.1, 0.15) is 52.8 Å². The van der Waals surface area contributed by atoms with E-state index in [1.54, 1.807) is 30.3 Å². The maximum absolute atomic E-state index is 13.1. The molecule has 4 rings (SSSR count). The summed E-state index contributed by atoms with van der Waals surface area (Å²) < 4.78 is 11.0. The summed E-state index contributed by atoms with van der Waals surface area (Å²) in [5, 5.41) is 3.25. The van der Waals surface area contributed by atoms with Gasteiger partial charge in [-0.2, -0.15) is 0 Å². The van der Waals surface area contributed by atoms with E-state index < -0.39 is 0 Å². The molecular weight excluding hydrogens is 318 g/mol. The summed E-state index contributed by atoms with van der Waals surface area (Å²) in [6, 6.07) is 8.55. The Balaban J connectivity index is 2.00. The lowest BCUT2D eigenvalue weighted by atomic mass is 9.85. The molecule has 1 aliphatic carbocycles. The van der Waals surface area contributed by atoms with E-state index in [-0.39, 0.29) is 28.4 Å². The van der Waals surface area contributed by atoms with Crippen LogP contribution in [0.15, 0.2) is 51.7 Å². The smallest absolute Gasteiger partial charge is 0.229 e. The van der Waals surface area contributed by atoms with E-state index in [0.717, 1.165) is 0 Å². The summed E-state index contributed by atoms with van der Waals surface area (Å²) in [6.45, 7) is 5.93. The van der Waals surface area contributed by atoms with Crippen LogP contribution in [0, 0.1) is 0 Å². The van der Waals surface area contributed by atoms with Gasteiger partial charge in [0.2, 0.25) is 11.7 Å². The van der Waals surface area contributed by atoms with Crippen LogP contribution in [0.4, 0.5) is 5.88 Å². The fraction of sp³-hybridized carbons (Fsp3) is 0.200. The fourth-order valence-corrected chi connectivity index (χ4v) is 3.05. The Morgan fingerprint density at radius 1 is 0.920 bits per heavy atom. The highest BCUT2D eigenvalue weighted by molar-refractivity contribution is 6.30. The van der Waals surface area contributed by atoms with Crippen LogP contribution in [-0.4, -0.2) is 17.1 Å². The molecule has 3 aromatic rings. The molecule has 0 saturated heterocycles. The summed E-state index contributed by atoms with van der Waals surface area (Å²) in [5.41, 5.74) is 2.00. The van der Waals surface area contributed by atoms with E-state index in [2.05, 4.69) is 5.32 Å². The lowest BCUT2D eigenvalue weighted by molar-refractivity contribution is 0.0961. The van der Waals surface area contributed by atoms with Gasteiger partial charge in [0.1, 0.15) is 0 Å². The predicted molar refractivity (Wildman–Crippen MR) is 93.1 cm³/mol. The number of hydrogen-bond donors (Lipinski definition) is 1. The Bertz CT molecular complexity index is 987. The van der Waals surface area contributed by atoms with E-state index in [0.29, 0.717) is 28.1 Å². The molecule has 2 aromatic heterocycles. The molecule has 0 saturated carbocycles. The molecule has 0 radical (unpaired) electrons. The standard InChI is InChI=1S/C20H17NO4/c1-20(2,3)21-19-14(11-8-9-24-10-11)15-16(22)12-6-4-5-7-13(12)17(23)18(15)25-19/h4-10,21H,1-3H3. The molecule has 1 aliphatic rings. The van der Waals surface area contributed by atoms with E-state index in [1.807, 2.05) is 20.8 Å². The first kappa shape index (κ1) is 15.4. The van der Waals surface area contributed by atoms with Crippen molar-refractivity contribution in [2.45, 2.75) is 26.3 Å². The molecule has 5 heteroatoms. The molecule has 126 valence electrons. The minimum atomic E-state index is -0.308. The van der Waals surface area contributed by atoms with E-state index in [9.17, 15) is 9.59 Å². The molecule has 0 spiro atoms. The highest BCUT2D eigenvalue weighted by Gasteiger charge is 2.38. The number of nitrogens with one attached hydrogen (secondary N) is 1. The van der Waals surface area contributed by atoms with Crippen LogP contribution >= 0.6 is 0 Å². The Labute approximate surface area is 144 Å². The second-order valence-electron chi connectivity index (χ2n) is 7.10. The van der Waals surface area contributed by atoms with Gasteiger partial charge in [-0.3, -0.25) is 9.59 Å². The van der Waals surface area contributed by atoms with Crippen molar-refractivity contribution in [3.05, 3.63) is 65.3 Å². The zero-order chi connectivity index (χ0) is 17.8. The van der Waals surface area contributed by atoms with Gasteiger partial charge >= 0.3 is 0 Å². The minimum absolute atomic E-state index is 0.0756. The van der Waals surface area contributed by atoms with Crippen LogP contribution < -0.4 is 5.32 Å². The Hall–Kier alpha value is -3.08. The molecule has 0 fully saturated rings. The van der Waals surface area contributed by atoms with Crippen LogP contribution in [0.3, 0.4) is 0 Å². The first-order chi connectivity index (χ1) is 11.9. The number of anilines is 1. The van der Waals surface area contributed by atoms with Crippen molar-refractivity contribution in [2.24, 2.45) is 0 Å². The van der Waals surface area contributed by atoms with Gasteiger partial charge in [-0.05, 0) is 26.8 Å². The molecule has 0 atom stereocenters. The van der Waals surface area contributed by atoms with Gasteiger partial charge in [-0.15, -0.1) is 0 Å². The largest absolute Gasteiger partial charge is 0.472 e. The summed E-state index contributed by atoms with van der Waals surface area (Å²) in [6.07, 6.45) is 3.07. The van der Waals surface area contributed by atoms with Gasteiger partial charge in [0.15, 0.2) is 11.5 Å². The van der Waals surface area contributed by atoms with Gasteiger partial charge < -0.3 is 14.2 Å². The molecule has 1 N–H and O–H groups in total. The normalized spacial score (nSPS) is 13.6. The maximum atomic E-state index is 13.1. The van der Waals surface area contributed by atoms with Crippen LogP contribution in [-0.2, 0) is 0 Å². The average Bonchev–Trinajstić information content (AvgIpc) is 3.18. The summed E-state index contributed by atoms with van der Waals surface area (Å²) in [5.74, 6) is -0.0240. The van der Waals surface area contributed by atoms with E-state index in [1.165, 1.54) is 12.5 Å². The fourth-order valence-electron chi connectivity index (χ4n) is 3.05. The number of rotatable bonds is 2. The Morgan fingerprint density at radius 3 is 2.20 bits per heavy atom. The van der Waals surface area contributed by atoms with Gasteiger partial charge in [0.05, 0.1) is 23.7 Å². The van der Waals surface area contributed by atoms with Gasteiger partial charge in [0, 0.05) is 22.2 Å². The number of carbonyl (C=O) groups is 2. The van der Waals surface area contributed by atoms with Crippen molar-refractivity contribution in [1.29, 1.82) is 0 Å². The molecular formula is C20H17NO4. The number of hydrogen-bond acceptors (Lipinski definition) is 5. The first-order valence-electron chi connectivity index (χ1n) is 8.03. The van der Waals surface area contributed by atoms with E-state index >= 15 is 0 Å². The molecule has 5 nitrogen and oxygen atoms in total. The molecule has 0 unspecified atom stereocenters. The number of fused-ring (bicyclic) bond motifs is 2. The van der Waals surface area contributed by atoms with Gasteiger partial charge in [0.25, 0.3) is 0 Å². The van der Waals surface area contributed by atoms with Crippen LogP contribution in [0.2, 0.25) is 0 Å². The molecule has 0 amide bonds. The Morgan fingerprint density at radius 2 is 1.60 bits per heavy atom. The van der Waals surface area contributed by atoms with Crippen LogP contribution in [0.5, 0.6) is 0 Å². The average molecular weight is 335 g/mol. The number of carbonyl (C=O) groups excluding carboxylic acids is 2. The highest BCUT2D eigenvalue weighted by atomic mass is 16.4. The number of benzene rings is 1. The third kappa shape index (κ3) is 2.39. The zero-order valence-corrected chi connectivity index (χ0v) is 14.2. The molecule has 0 bridgehead atoms. The quantitative estimate of drug-likeness (QED) is 0.583. The molecule has 25 heavy (non-hydrogen) atoms. The summed E-state index contributed by atoms with van der Waals surface area (Å²) in [7, 11) is 0. The second kappa shape index (κ2) is 5.21. The zero-order valence-electron chi connectivity index (χ0n) is 14.2. The first-order valence-corrected chi connectivity index (χ1v) is 8.03. The number of furan rings is 2. The van der Waals surface area contributed by atoms with Crippen molar-refractivity contribution >= 4 is 17.5 Å². The monoisotopic (exact) mass is 335 g/mol. The van der Waals surface area contributed by atoms with Crippen molar-refractivity contribution in [1.82, 2.24) is 0 Å². The SMILES string of the molecule is CC(C)(C)Nc1oc2c(c1-c1ccoc1)C(=O)c1ccccc1C2=O. The van der Waals surface area contributed by atoms with Crippen molar-refractivity contribution < 1.29 is 18.4 Å². The molecule has 2 heterocycles. The highest BCUT2D eigenvalue weighted by Crippen LogP contribution is 2.42. The lowest BCUT2D eigenvalue weighted by Crippen LogP contribution is -2.26. The van der Waals surface area contributed by atoms with Gasteiger partial charge in [-0.25, -0.2) is 0 Å². The van der Waals surface area contributed by atoms with Crippen LogP contribution in [0.25, 0.3) is 11.1 Å². The topological polar surface area (TPSA) is 72.5 Å². The van der Waals surface area contributed by atoms with Crippen molar-refractivity contribution in [3.63, 3.8) is 0 Å². The lowest BCUT2D eigenvalue weighted by Gasteiger charge is -2.20. The molecule has 0 aliphatic heterocycles. The van der Waals surface area contributed by atoms with E-state index in [4.69, 9.17) is 8.83 Å². The summed E-state index contributed by atoms with van der Waals surface area (Å²) in [4.78, 5) is 25.9. The van der Waals surface area contributed by atoms with Gasteiger partial charge in [-0.1, -0.05) is 24.3 Å². The van der Waals surface area contributed by atoms with Crippen molar-refractivity contribution in [2.75, 3.05) is 5.32 Å². The number of ketones is 2. The third-order valence-electron chi connectivity index (χ3n) is 4.06.